The van der Waals surface area contributed by atoms with E-state index in [1.807, 2.05) is 0 Å². The first-order chi connectivity index (χ1) is 12.0. The smallest absolute Gasteiger partial charge is 0.346 e. The predicted octanol–water partition coefficient (Wildman–Crippen LogP) is 4.23. The van der Waals surface area contributed by atoms with E-state index in [0.29, 0.717) is 6.42 Å². The molecule has 5 heteroatoms. The highest BCUT2D eigenvalue weighted by atomic mass is 16.6. The third kappa shape index (κ3) is 8.04. The molecule has 0 aromatic rings. The van der Waals surface area contributed by atoms with Gasteiger partial charge in [-0.15, -0.1) is 0 Å². The van der Waals surface area contributed by atoms with Crippen molar-refractivity contribution in [1.82, 2.24) is 0 Å². The molecule has 0 radical (unpaired) electrons. The van der Waals surface area contributed by atoms with Crippen LogP contribution in [0.3, 0.4) is 0 Å². The van der Waals surface area contributed by atoms with Crippen LogP contribution in [0.4, 0.5) is 0 Å². The number of hydrogen-bond donors (Lipinski definition) is 2. The predicted molar refractivity (Wildman–Crippen MR) is 97.3 cm³/mol. The Hall–Kier alpha value is -1.36. The summed E-state index contributed by atoms with van der Waals surface area (Å²) >= 11 is 0. The van der Waals surface area contributed by atoms with Gasteiger partial charge in [0.25, 0.3) is 0 Å². The lowest BCUT2D eigenvalue weighted by molar-refractivity contribution is -0.142. The van der Waals surface area contributed by atoms with E-state index in [2.05, 4.69) is 13.8 Å². The fourth-order valence-corrected chi connectivity index (χ4v) is 3.09. The SMILES string of the molecule is CC(C)CCCCCCCCCCCC(=O)C1=C(O)[C@H](CO)OC1=O. The number of ketones is 1. The molecule has 5 nitrogen and oxygen atoms in total. The number of ether oxygens (including phenoxy) is 1. The van der Waals surface area contributed by atoms with Gasteiger partial charge in [0.2, 0.25) is 0 Å². The number of esters is 1. The Morgan fingerprint density at radius 3 is 2.00 bits per heavy atom. The molecule has 1 heterocycles. The second kappa shape index (κ2) is 12.1. The zero-order chi connectivity index (χ0) is 18.7. The molecule has 0 aromatic heterocycles. The van der Waals surface area contributed by atoms with E-state index in [-0.39, 0.29) is 17.8 Å². The lowest BCUT2D eigenvalue weighted by Crippen LogP contribution is -2.15. The molecule has 0 unspecified atom stereocenters. The van der Waals surface area contributed by atoms with E-state index >= 15 is 0 Å². The van der Waals surface area contributed by atoms with Crippen molar-refractivity contribution < 1.29 is 24.5 Å². The molecule has 0 fully saturated rings. The molecule has 1 aliphatic heterocycles. The van der Waals surface area contributed by atoms with Crippen LogP contribution in [-0.2, 0) is 14.3 Å². The lowest BCUT2D eigenvalue weighted by atomic mass is 10.0. The number of carbonyl (C=O) groups excluding carboxylic acids is 2. The van der Waals surface area contributed by atoms with Crippen LogP contribution in [0.1, 0.15) is 84.5 Å². The molecule has 1 atom stereocenters. The number of rotatable bonds is 14. The average Bonchev–Trinajstić information content (AvgIpc) is 2.86. The van der Waals surface area contributed by atoms with Gasteiger partial charge in [0.1, 0.15) is 5.57 Å². The molecule has 1 rings (SSSR count). The summed E-state index contributed by atoms with van der Waals surface area (Å²) in [6.07, 6.45) is 10.9. The van der Waals surface area contributed by atoms with Crippen LogP contribution in [0.2, 0.25) is 0 Å². The van der Waals surface area contributed by atoms with E-state index in [0.717, 1.165) is 18.8 Å². The van der Waals surface area contributed by atoms with Crippen LogP contribution in [0.25, 0.3) is 0 Å². The Labute approximate surface area is 151 Å². The molecule has 0 aromatic carbocycles. The minimum Gasteiger partial charge on any atom is -0.507 e. The minimum absolute atomic E-state index is 0.238. The van der Waals surface area contributed by atoms with Gasteiger partial charge < -0.3 is 14.9 Å². The molecule has 1 aliphatic rings. The van der Waals surface area contributed by atoms with Gasteiger partial charge in [-0.05, 0) is 12.3 Å². The summed E-state index contributed by atoms with van der Waals surface area (Å²) < 4.78 is 4.74. The number of cyclic esters (lactones) is 1. The maximum atomic E-state index is 12.0. The minimum atomic E-state index is -1.08. The first kappa shape index (κ1) is 21.7. The quantitative estimate of drug-likeness (QED) is 0.277. The molecule has 0 aliphatic carbocycles. The summed E-state index contributed by atoms with van der Waals surface area (Å²) in [7, 11) is 0. The molecule has 2 N–H and O–H groups in total. The van der Waals surface area contributed by atoms with Crippen LogP contribution >= 0.6 is 0 Å². The Balaban J connectivity index is 2.04. The summed E-state index contributed by atoms with van der Waals surface area (Å²) in [6.45, 7) is 4.03. The van der Waals surface area contributed by atoms with Crippen molar-refractivity contribution >= 4 is 11.8 Å². The van der Waals surface area contributed by atoms with Gasteiger partial charge in [0.05, 0.1) is 6.61 Å². The Bertz CT molecular complexity index is 453. The third-order valence-corrected chi connectivity index (χ3v) is 4.64. The van der Waals surface area contributed by atoms with Crippen LogP contribution in [0, 0.1) is 5.92 Å². The van der Waals surface area contributed by atoms with E-state index < -0.39 is 24.4 Å². The molecular weight excluding hydrogens is 320 g/mol. The molecule has 0 saturated heterocycles. The molecule has 0 bridgehead atoms. The van der Waals surface area contributed by atoms with E-state index in [9.17, 15) is 14.7 Å². The van der Waals surface area contributed by atoms with Crippen molar-refractivity contribution in [2.24, 2.45) is 5.92 Å². The van der Waals surface area contributed by atoms with Gasteiger partial charge in [-0.2, -0.15) is 0 Å². The number of hydrogen-bond acceptors (Lipinski definition) is 5. The first-order valence-corrected chi connectivity index (χ1v) is 9.75. The zero-order valence-corrected chi connectivity index (χ0v) is 15.8. The van der Waals surface area contributed by atoms with Crippen LogP contribution in [0.5, 0.6) is 0 Å². The summed E-state index contributed by atoms with van der Waals surface area (Å²) in [5.74, 6) is -0.821. The summed E-state index contributed by atoms with van der Waals surface area (Å²) in [4.78, 5) is 23.6. The van der Waals surface area contributed by atoms with E-state index in [4.69, 9.17) is 9.84 Å². The fraction of sp³-hybridized carbons (Fsp3) is 0.800. The second-order valence-electron chi connectivity index (χ2n) is 7.37. The average molecular weight is 354 g/mol. The third-order valence-electron chi connectivity index (χ3n) is 4.64. The maximum Gasteiger partial charge on any atom is 0.346 e. The van der Waals surface area contributed by atoms with E-state index in [1.165, 1.54) is 44.9 Å². The molecule has 0 spiro atoms. The van der Waals surface area contributed by atoms with Crippen LogP contribution < -0.4 is 0 Å². The number of unbranched alkanes of at least 4 members (excludes halogenated alkanes) is 8. The largest absolute Gasteiger partial charge is 0.507 e. The monoisotopic (exact) mass is 354 g/mol. The highest BCUT2D eigenvalue weighted by molar-refractivity contribution is 6.19. The van der Waals surface area contributed by atoms with Crippen molar-refractivity contribution in [3.63, 3.8) is 0 Å². The van der Waals surface area contributed by atoms with Crippen molar-refractivity contribution in [3.8, 4) is 0 Å². The molecular formula is C20H34O5. The van der Waals surface area contributed by atoms with Gasteiger partial charge >= 0.3 is 5.97 Å². The standard InChI is InChI=1S/C20H34O5/c1-15(2)12-10-8-6-4-3-5-7-9-11-13-16(22)18-19(23)17(14-21)25-20(18)24/h15,17,21,23H,3-14H2,1-2H3/t17-/m0/s1. The van der Waals surface area contributed by atoms with Gasteiger partial charge in [0, 0.05) is 6.42 Å². The molecule has 0 amide bonds. The van der Waals surface area contributed by atoms with Gasteiger partial charge in [-0.25, -0.2) is 4.79 Å². The maximum absolute atomic E-state index is 12.0. The number of Topliss-reactive ketones (excluding diaryl/α,β-unsaturated/α-hetero) is 1. The van der Waals surface area contributed by atoms with Gasteiger partial charge in [0.15, 0.2) is 17.6 Å². The zero-order valence-electron chi connectivity index (χ0n) is 15.8. The van der Waals surface area contributed by atoms with Crippen molar-refractivity contribution in [2.75, 3.05) is 6.61 Å². The Kier molecular flexibility index (Phi) is 10.5. The van der Waals surface area contributed by atoms with Crippen LogP contribution in [-0.4, -0.2) is 34.7 Å². The summed E-state index contributed by atoms with van der Waals surface area (Å²) in [5.41, 5.74) is -0.277. The van der Waals surface area contributed by atoms with Crippen molar-refractivity contribution in [2.45, 2.75) is 90.6 Å². The van der Waals surface area contributed by atoms with Gasteiger partial charge in [-0.3, -0.25) is 4.79 Å². The fourth-order valence-electron chi connectivity index (χ4n) is 3.09. The molecule has 25 heavy (non-hydrogen) atoms. The van der Waals surface area contributed by atoms with Crippen molar-refractivity contribution in [3.05, 3.63) is 11.3 Å². The topological polar surface area (TPSA) is 83.8 Å². The second-order valence-corrected chi connectivity index (χ2v) is 7.37. The lowest BCUT2D eigenvalue weighted by Gasteiger charge is -2.04. The van der Waals surface area contributed by atoms with Crippen LogP contribution in [0.15, 0.2) is 11.3 Å². The van der Waals surface area contributed by atoms with Crippen molar-refractivity contribution in [1.29, 1.82) is 0 Å². The molecule has 0 saturated carbocycles. The summed E-state index contributed by atoms with van der Waals surface area (Å²) in [5, 5.41) is 18.7. The highest BCUT2D eigenvalue weighted by Crippen LogP contribution is 2.23. The highest BCUT2D eigenvalue weighted by Gasteiger charge is 2.37. The number of carbonyl (C=O) groups is 2. The number of aliphatic hydroxyl groups is 2. The first-order valence-electron chi connectivity index (χ1n) is 9.75. The summed E-state index contributed by atoms with van der Waals surface area (Å²) in [6, 6.07) is 0. The normalized spacial score (nSPS) is 17.4. The number of aliphatic hydroxyl groups excluding tert-OH is 2. The molecule has 144 valence electrons. The van der Waals surface area contributed by atoms with Gasteiger partial charge in [-0.1, -0.05) is 71.6 Å². The van der Waals surface area contributed by atoms with E-state index in [1.54, 1.807) is 0 Å². The Morgan fingerprint density at radius 2 is 1.52 bits per heavy atom. The Morgan fingerprint density at radius 1 is 1.00 bits per heavy atom.